The highest BCUT2D eigenvalue weighted by atomic mass is 32.2. The van der Waals surface area contributed by atoms with Gasteiger partial charge in [0.15, 0.2) is 0 Å². The van der Waals surface area contributed by atoms with Crippen LogP contribution < -0.4 is 5.32 Å². The summed E-state index contributed by atoms with van der Waals surface area (Å²) in [5.74, 6) is 0. The first-order chi connectivity index (χ1) is 10.2. The Hall–Kier alpha value is -0.950. The van der Waals surface area contributed by atoms with Gasteiger partial charge in [-0.3, -0.25) is 0 Å². The van der Waals surface area contributed by atoms with Crippen LogP contribution in [0.15, 0.2) is 29.2 Å². The van der Waals surface area contributed by atoms with Gasteiger partial charge < -0.3 is 10.4 Å². The molecule has 0 saturated heterocycles. The van der Waals surface area contributed by atoms with E-state index >= 15 is 0 Å². The molecule has 0 aliphatic rings. The van der Waals surface area contributed by atoms with Crippen LogP contribution in [0.4, 0.5) is 0 Å². The molecule has 0 aliphatic carbocycles. The Labute approximate surface area is 134 Å². The van der Waals surface area contributed by atoms with Gasteiger partial charge in [-0.25, -0.2) is 12.7 Å². The Morgan fingerprint density at radius 1 is 1.27 bits per heavy atom. The predicted molar refractivity (Wildman–Crippen MR) is 89.3 cm³/mol. The van der Waals surface area contributed by atoms with E-state index in [0.717, 1.165) is 5.56 Å². The Balaban J connectivity index is 2.90. The number of nitrogens with one attached hydrogen (secondary N) is 1. The lowest BCUT2D eigenvalue weighted by atomic mass is 9.96. The summed E-state index contributed by atoms with van der Waals surface area (Å²) in [6.07, 6.45) is 1.36. The van der Waals surface area contributed by atoms with E-state index in [1.807, 2.05) is 26.8 Å². The van der Waals surface area contributed by atoms with Gasteiger partial charge in [-0.15, -0.1) is 0 Å². The number of sulfonamides is 1. The first kappa shape index (κ1) is 19.1. The second-order valence-corrected chi connectivity index (χ2v) is 8.05. The number of aliphatic hydroxyl groups is 1. The first-order valence-electron chi connectivity index (χ1n) is 7.64. The lowest BCUT2D eigenvalue weighted by molar-refractivity contribution is 0.0303. The van der Waals surface area contributed by atoms with Crippen molar-refractivity contribution in [1.29, 1.82) is 0 Å². The van der Waals surface area contributed by atoms with Gasteiger partial charge in [0.2, 0.25) is 10.0 Å². The van der Waals surface area contributed by atoms with Crippen LogP contribution in [0.5, 0.6) is 0 Å². The third kappa shape index (κ3) is 4.52. The third-order valence-electron chi connectivity index (χ3n) is 4.19. The summed E-state index contributed by atoms with van der Waals surface area (Å²) < 4.78 is 25.6. The number of rotatable bonds is 8. The molecular formula is C16H28N2O3S. The summed E-state index contributed by atoms with van der Waals surface area (Å²) in [6.45, 7) is 6.36. The first-order valence-corrected chi connectivity index (χ1v) is 9.08. The standard InChI is InChI=1S/C16H28N2O3S/c1-6-16(19,7-2)12-17-13(3)14-9-8-10-15(11-14)22(20,21)18(4)5/h8-11,13,17,19H,6-7,12H2,1-5H3. The quantitative estimate of drug-likeness (QED) is 0.767. The predicted octanol–water partition coefficient (Wildman–Crippen LogP) is 2.14. The van der Waals surface area contributed by atoms with E-state index in [2.05, 4.69) is 5.32 Å². The molecule has 0 aliphatic heterocycles. The van der Waals surface area contributed by atoms with E-state index in [0.29, 0.717) is 19.4 Å². The molecule has 1 unspecified atom stereocenters. The minimum Gasteiger partial charge on any atom is -0.389 e. The maximum Gasteiger partial charge on any atom is 0.242 e. The van der Waals surface area contributed by atoms with Gasteiger partial charge in [0.1, 0.15) is 0 Å². The van der Waals surface area contributed by atoms with Gasteiger partial charge in [0.05, 0.1) is 10.5 Å². The van der Waals surface area contributed by atoms with E-state index in [1.165, 1.54) is 18.4 Å². The smallest absolute Gasteiger partial charge is 0.242 e. The molecule has 0 heterocycles. The lowest BCUT2D eigenvalue weighted by Gasteiger charge is -2.28. The SMILES string of the molecule is CCC(O)(CC)CNC(C)c1cccc(S(=O)(=O)N(C)C)c1. The van der Waals surface area contributed by atoms with Crippen molar-refractivity contribution in [3.63, 3.8) is 0 Å². The van der Waals surface area contributed by atoms with Gasteiger partial charge >= 0.3 is 0 Å². The maximum absolute atomic E-state index is 12.2. The van der Waals surface area contributed by atoms with Gasteiger partial charge in [-0.05, 0) is 37.5 Å². The molecule has 1 aromatic rings. The fourth-order valence-electron chi connectivity index (χ4n) is 2.12. The highest BCUT2D eigenvalue weighted by Gasteiger charge is 2.23. The Morgan fingerprint density at radius 2 is 1.86 bits per heavy atom. The van der Waals surface area contributed by atoms with Crippen LogP contribution in [0.25, 0.3) is 0 Å². The van der Waals surface area contributed by atoms with Crippen molar-refractivity contribution in [2.45, 2.75) is 50.2 Å². The van der Waals surface area contributed by atoms with Gasteiger partial charge in [-0.2, -0.15) is 0 Å². The number of benzene rings is 1. The summed E-state index contributed by atoms with van der Waals surface area (Å²) in [5.41, 5.74) is 0.166. The van der Waals surface area contributed by atoms with Crippen molar-refractivity contribution in [2.75, 3.05) is 20.6 Å². The molecule has 0 saturated carbocycles. The van der Waals surface area contributed by atoms with Crippen molar-refractivity contribution < 1.29 is 13.5 Å². The minimum atomic E-state index is -3.43. The third-order valence-corrected chi connectivity index (χ3v) is 6.00. The average Bonchev–Trinajstić information content (AvgIpc) is 2.52. The molecule has 0 bridgehead atoms. The minimum absolute atomic E-state index is 0.0399. The molecular weight excluding hydrogens is 300 g/mol. The van der Waals surface area contributed by atoms with Crippen LogP contribution in [-0.2, 0) is 10.0 Å². The monoisotopic (exact) mass is 328 g/mol. The summed E-state index contributed by atoms with van der Waals surface area (Å²) in [4.78, 5) is 0.282. The van der Waals surface area contributed by atoms with Crippen LogP contribution in [0, 0.1) is 0 Å². The fraction of sp³-hybridized carbons (Fsp3) is 0.625. The number of hydrogen-bond acceptors (Lipinski definition) is 4. The van der Waals surface area contributed by atoms with Crippen molar-refractivity contribution in [3.05, 3.63) is 29.8 Å². The molecule has 5 nitrogen and oxygen atoms in total. The van der Waals surface area contributed by atoms with E-state index in [1.54, 1.807) is 18.2 Å². The molecule has 6 heteroatoms. The number of nitrogens with zero attached hydrogens (tertiary/aromatic N) is 1. The zero-order valence-corrected chi connectivity index (χ0v) is 14.9. The second-order valence-electron chi connectivity index (χ2n) is 5.89. The van der Waals surface area contributed by atoms with Crippen molar-refractivity contribution >= 4 is 10.0 Å². The largest absolute Gasteiger partial charge is 0.389 e. The Bertz CT molecular complexity index is 581. The van der Waals surface area contributed by atoms with Crippen molar-refractivity contribution in [2.24, 2.45) is 0 Å². The van der Waals surface area contributed by atoms with Crippen LogP contribution in [0.1, 0.15) is 45.2 Å². The molecule has 1 atom stereocenters. The van der Waals surface area contributed by atoms with Gasteiger partial charge in [0.25, 0.3) is 0 Å². The van der Waals surface area contributed by atoms with E-state index in [4.69, 9.17) is 0 Å². The van der Waals surface area contributed by atoms with E-state index < -0.39 is 15.6 Å². The molecule has 1 aromatic carbocycles. The highest BCUT2D eigenvalue weighted by Crippen LogP contribution is 2.21. The average molecular weight is 328 g/mol. The molecule has 0 amide bonds. The second kappa shape index (κ2) is 7.55. The van der Waals surface area contributed by atoms with Crippen LogP contribution in [0.3, 0.4) is 0 Å². The van der Waals surface area contributed by atoms with Gasteiger partial charge in [0, 0.05) is 26.7 Å². The topological polar surface area (TPSA) is 69.6 Å². The van der Waals surface area contributed by atoms with Crippen LogP contribution in [0.2, 0.25) is 0 Å². The molecule has 0 fully saturated rings. The molecule has 0 spiro atoms. The summed E-state index contributed by atoms with van der Waals surface area (Å²) >= 11 is 0. The summed E-state index contributed by atoms with van der Waals surface area (Å²) in [7, 11) is -0.389. The van der Waals surface area contributed by atoms with Crippen molar-refractivity contribution in [3.8, 4) is 0 Å². The van der Waals surface area contributed by atoms with Gasteiger partial charge in [-0.1, -0.05) is 26.0 Å². The molecule has 22 heavy (non-hydrogen) atoms. The number of hydrogen-bond donors (Lipinski definition) is 2. The zero-order chi connectivity index (χ0) is 17.0. The highest BCUT2D eigenvalue weighted by molar-refractivity contribution is 7.89. The van der Waals surface area contributed by atoms with Crippen LogP contribution in [-0.4, -0.2) is 44.1 Å². The maximum atomic E-state index is 12.2. The molecule has 1 rings (SSSR count). The lowest BCUT2D eigenvalue weighted by Crippen LogP contribution is -2.40. The fourth-order valence-corrected chi connectivity index (χ4v) is 3.07. The van der Waals surface area contributed by atoms with Crippen LogP contribution >= 0.6 is 0 Å². The van der Waals surface area contributed by atoms with E-state index in [-0.39, 0.29) is 10.9 Å². The molecule has 2 N–H and O–H groups in total. The summed E-state index contributed by atoms with van der Waals surface area (Å²) in [6, 6.07) is 6.88. The zero-order valence-electron chi connectivity index (χ0n) is 14.1. The Kier molecular flexibility index (Phi) is 6.55. The Morgan fingerprint density at radius 3 is 2.36 bits per heavy atom. The molecule has 0 radical (unpaired) electrons. The molecule has 126 valence electrons. The molecule has 0 aromatic heterocycles. The van der Waals surface area contributed by atoms with Crippen molar-refractivity contribution in [1.82, 2.24) is 9.62 Å². The normalized spacial score (nSPS) is 14.3. The van der Waals surface area contributed by atoms with E-state index in [9.17, 15) is 13.5 Å². The summed E-state index contributed by atoms with van der Waals surface area (Å²) in [5, 5.41) is 13.6.